The average molecular weight is 401 g/mol. The Morgan fingerprint density at radius 3 is 2.04 bits per heavy atom. The zero-order chi connectivity index (χ0) is 20.2. The Morgan fingerprint density at radius 1 is 0.964 bits per heavy atom. The van der Waals surface area contributed by atoms with Crippen molar-refractivity contribution < 1.29 is 22.7 Å². The van der Waals surface area contributed by atoms with Crippen LogP contribution in [0.15, 0.2) is 60.7 Å². The normalized spacial score (nSPS) is 16.4. The van der Waals surface area contributed by atoms with E-state index in [9.17, 15) is 18.0 Å². The monoisotopic (exact) mass is 401 g/mol. The highest BCUT2D eigenvalue weighted by Gasteiger charge is 2.52. The lowest BCUT2D eigenvalue weighted by atomic mass is 9.88. The van der Waals surface area contributed by atoms with Crippen LogP contribution in [0.3, 0.4) is 0 Å². The number of carbonyl (C=O) groups is 2. The molecule has 0 saturated carbocycles. The fourth-order valence-corrected chi connectivity index (χ4v) is 5.29. The van der Waals surface area contributed by atoms with E-state index < -0.39 is 19.9 Å². The number of hydrogen-bond acceptors (Lipinski definition) is 5. The Labute approximate surface area is 165 Å². The van der Waals surface area contributed by atoms with Crippen molar-refractivity contribution in [1.29, 1.82) is 0 Å². The molecule has 0 atom stereocenters. The first-order valence-electron chi connectivity index (χ1n) is 9.13. The second-order valence-corrected chi connectivity index (χ2v) is 9.02. The highest BCUT2D eigenvalue weighted by atomic mass is 32.2. The Bertz CT molecular complexity index is 933. The number of likely N-dealkylation sites (tertiary alicyclic amines) is 1. The number of benzene rings is 2. The van der Waals surface area contributed by atoms with Gasteiger partial charge in [-0.05, 0) is 24.0 Å². The predicted octanol–water partition coefficient (Wildman–Crippen LogP) is 3.28. The van der Waals surface area contributed by atoms with E-state index in [1.807, 2.05) is 6.07 Å². The summed E-state index contributed by atoms with van der Waals surface area (Å²) in [6, 6.07) is 17.7. The SMILES string of the molecule is CC(=O)N1CCC(c2ccccc2)(S(=O)(=O)C(=O)OCc2ccccc2)CC1. The molecule has 1 heterocycles. The van der Waals surface area contributed by atoms with E-state index in [4.69, 9.17) is 4.74 Å². The Hall–Kier alpha value is -2.67. The minimum atomic E-state index is -4.30. The van der Waals surface area contributed by atoms with Crippen molar-refractivity contribution in [2.75, 3.05) is 13.1 Å². The summed E-state index contributed by atoms with van der Waals surface area (Å²) >= 11 is 0. The molecular formula is C21H23NO5S. The van der Waals surface area contributed by atoms with E-state index >= 15 is 0 Å². The summed E-state index contributed by atoms with van der Waals surface area (Å²) in [4.78, 5) is 25.9. The Kier molecular flexibility index (Phi) is 5.84. The molecule has 1 amide bonds. The molecule has 0 aromatic heterocycles. The smallest absolute Gasteiger partial charge is 0.426 e. The van der Waals surface area contributed by atoms with Gasteiger partial charge >= 0.3 is 5.30 Å². The molecule has 1 saturated heterocycles. The van der Waals surface area contributed by atoms with E-state index in [-0.39, 0.29) is 38.4 Å². The van der Waals surface area contributed by atoms with Crippen LogP contribution in [0.25, 0.3) is 0 Å². The molecular weight excluding hydrogens is 378 g/mol. The van der Waals surface area contributed by atoms with Crippen molar-refractivity contribution in [2.24, 2.45) is 0 Å². The van der Waals surface area contributed by atoms with E-state index in [1.54, 1.807) is 59.5 Å². The summed E-state index contributed by atoms with van der Waals surface area (Å²) < 4.78 is 30.4. The summed E-state index contributed by atoms with van der Waals surface area (Å²) in [5, 5.41) is -1.23. The first kappa shape index (κ1) is 20.1. The zero-order valence-electron chi connectivity index (χ0n) is 15.7. The summed E-state index contributed by atoms with van der Waals surface area (Å²) in [6.45, 7) is 1.90. The van der Waals surface area contributed by atoms with Gasteiger partial charge in [0.1, 0.15) is 11.4 Å². The van der Waals surface area contributed by atoms with E-state index in [0.29, 0.717) is 11.1 Å². The van der Waals surface area contributed by atoms with Crippen molar-refractivity contribution in [3.63, 3.8) is 0 Å². The van der Waals surface area contributed by atoms with Gasteiger partial charge in [0.25, 0.3) is 9.84 Å². The third-order valence-electron chi connectivity index (χ3n) is 5.25. The van der Waals surface area contributed by atoms with Gasteiger partial charge in [-0.1, -0.05) is 60.7 Å². The quantitative estimate of drug-likeness (QED) is 0.735. The Balaban J connectivity index is 1.89. The van der Waals surface area contributed by atoms with Crippen LogP contribution in [0.4, 0.5) is 4.79 Å². The maximum atomic E-state index is 13.3. The van der Waals surface area contributed by atoms with E-state index in [0.717, 1.165) is 0 Å². The second kappa shape index (κ2) is 8.14. The summed E-state index contributed by atoms with van der Waals surface area (Å²) in [7, 11) is -4.30. The third-order valence-corrected chi connectivity index (χ3v) is 7.48. The molecule has 0 N–H and O–H groups in total. The molecule has 0 bridgehead atoms. The van der Waals surface area contributed by atoms with E-state index in [1.165, 1.54) is 6.92 Å². The fraction of sp³-hybridized carbons (Fsp3) is 0.333. The lowest BCUT2D eigenvalue weighted by molar-refractivity contribution is -0.130. The summed E-state index contributed by atoms with van der Waals surface area (Å²) in [5.41, 5.74) is 1.26. The molecule has 0 spiro atoms. The van der Waals surface area contributed by atoms with Gasteiger partial charge in [0.05, 0.1) is 0 Å². The van der Waals surface area contributed by atoms with E-state index in [2.05, 4.69) is 0 Å². The van der Waals surface area contributed by atoms with Gasteiger partial charge in [0.2, 0.25) is 5.91 Å². The maximum Gasteiger partial charge on any atom is 0.426 e. The van der Waals surface area contributed by atoms with Crippen LogP contribution in [0.5, 0.6) is 0 Å². The topological polar surface area (TPSA) is 80.8 Å². The van der Waals surface area contributed by atoms with Gasteiger partial charge in [-0.2, -0.15) is 0 Å². The van der Waals surface area contributed by atoms with Gasteiger partial charge in [-0.25, -0.2) is 13.2 Å². The van der Waals surface area contributed by atoms with Crippen molar-refractivity contribution in [2.45, 2.75) is 31.1 Å². The van der Waals surface area contributed by atoms with Crippen molar-refractivity contribution in [3.05, 3.63) is 71.8 Å². The van der Waals surface area contributed by atoms with Gasteiger partial charge in [-0.15, -0.1) is 0 Å². The molecule has 2 aromatic carbocycles. The molecule has 28 heavy (non-hydrogen) atoms. The zero-order valence-corrected chi connectivity index (χ0v) is 16.5. The number of amides is 1. The number of nitrogens with zero attached hydrogens (tertiary/aromatic N) is 1. The summed E-state index contributed by atoms with van der Waals surface area (Å²) in [6.07, 6.45) is 0.304. The van der Waals surface area contributed by atoms with Crippen molar-refractivity contribution in [1.82, 2.24) is 4.90 Å². The second-order valence-electron chi connectivity index (χ2n) is 6.89. The third kappa shape index (κ3) is 3.80. The minimum absolute atomic E-state index is 0.106. The molecule has 6 nitrogen and oxygen atoms in total. The predicted molar refractivity (Wildman–Crippen MR) is 105 cm³/mol. The molecule has 0 radical (unpaired) electrons. The van der Waals surface area contributed by atoms with Gasteiger partial charge < -0.3 is 9.64 Å². The maximum absolute atomic E-state index is 13.3. The van der Waals surface area contributed by atoms with Crippen LogP contribution in [-0.4, -0.2) is 37.6 Å². The van der Waals surface area contributed by atoms with Crippen molar-refractivity contribution >= 4 is 21.0 Å². The van der Waals surface area contributed by atoms with Crippen LogP contribution in [-0.2, 0) is 30.7 Å². The largest absolute Gasteiger partial charge is 0.449 e. The molecule has 2 aromatic rings. The lowest BCUT2D eigenvalue weighted by Crippen LogP contribution is -2.50. The number of hydrogen-bond donors (Lipinski definition) is 0. The van der Waals surface area contributed by atoms with Crippen molar-refractivity contribution in [3.8, 4) is 0 Å². The van der Waals surface area contributed by atoms with Crippen LogP contribution in [0, 0.1) is 0 Å². The molecule has 0 aliphatic carbocycles. The summed E-state index contributed by atoms with van der Waals surface area (Å²) in [5.74, 6) is -0.106. The first-order chi connectivity index (χ1) is 13.4. The molecule has 0 unspecified atom stereocenters. The molecule has 1 aliphatic rings. The average Bonchev–Trinajstić information content (AvgIpc) is 2.73. The highest BCUT2D eigenvalue weighted by molar-refractivity contribution is 8.06. The van der Waals surface area contributed by atoms with Crippen LogP contribution in [0.1, 0.15) is 30.9 Å². The molecule has 3 rings (SSSR count). The number of piperidine rings is 1. The molecule has 7 heteroatoms. The molecule has 148 valence electrons. The highest BCUT2D eigenvalue weighted by Crippen LogP contribution is 2.42. The lowest BCUT2D eigenvalue weighted by Gasteiger charge is -2.40. The molecule has 1 aliphatic heterocycles. The standard InChI is InChI=1S/C21H23NO5S/c1-17(23)22-14-12-21(13-15-22,19-10-6-3-7-11-19)28(25,26)20(24)27-16-18-8-4-2-5-9-18/h2-11H,12-16H2,1H3. The van der Waals surface area contributed by atoms with Crippen LogP contribution < -0.4 is 0 Å². The first-order valence-corrected chi connectivity index (χ1v) is 10.6. The van der Waals surface area contributed by atoms with Gasteiger partial charge in [-0.3, -0.25) is 4.79 Å². The van der Waals surface area contributed by atoms with Crippen LogP contribution in [0.2, 0.25) is 0 Å². The van der Waals surface area contributed by atoms with Gasteiger partial charge in [0.15, 0.2) is 0 Å². The number of carbonyl (C=O) groups excluding carboxylic acids is 2. The molecule has 1 fully saturated rings. The number of rotatable bonds is 4. The number of sulfone groups is 1. The number of ether oxygens (including phenoxy) is 1. The fourth-order valence-electron chi connectivity index (χ4n) is 3.59. The Morgan fingerprint density at radius 2 is 1.50 bits per heavy atom. The van der Waals surface area contributed by atoms with Gasteiger partial charge in [0, 0.05) is 20.0 Å². The van der Waals surface area contributed by atoms with Crippen LogP contribution >= 0.6 is 0 Å². The minimum Gasteiger partial charge on any atom is -0.449 e.